The van der Waals surface area contributed by atoms with Crippen LogP contribution in [-0.2, 0) is 12.8 Å². The van der Waals surface area contributed by atoms with Gasteiger partial charge in [-0.2, -0.15) is 0 Å². The second-order valence-corrected chi connectivity index (χ2v) is 6.46. The van der Waals surface area contributed by atoms with Gasteiger partial charge in [-0.3, -0.25) is 4.79 Å². The van der Waals surface area contributed by atoms with E-state index in [0.29, 0.717) is 16.5 Å². The minimum absolute atomic E-state index is 0.171. The highest BCUT2D eigenvalue weighted by atomic mass is 35.5. The van der Waals surface area contributed by atoms with Crippen LogP contribution in [-0.4, -0.2) is 15.5 Å². The van der Waals surface area contributed by atoms with Gasteiger partial charge < -0.3 is 13.7 Å². The molecule has 0 aliphatic carbocycles. The van der Waals surface area contributed by atoms with Crippen molar-refractivity contribution in [3.63, 3.8) is 0 Å². The van der Waals surface area contributed by atoms with Crippen LogP contribution < -0.4 is 10.2 Å². The number of ether oxygens (including phenoxy) is 1. The minimum atomic E-state index is -0.676. The predicted molar refractivity (Wildman–Crippen MR) is 94.2 cm³/mol. The number of rotatable bonds is 5. The van der Waals surface area contributed by atoms with E-state index >= 15 is 0 Å². The fourth-order valence-corrected chi connectivity index (χ4v) is 3.00. The maximum atomic E-state index is 12.1. The van der Waals surface area contributed by atoms with Crippen LogP contribution >= 0.6 is 23.4 Å². The molecule has 0 radical (unpaired) electrons. The molecule has 3 aromatic rings. The maximum Gasteiger partial charge on any atom is 0.343 e. The second-order valence-electron chi connectivity index (χ2n) is 5.08. The van der Waals surface area contributed by atoms with E-state index in [4.69, 9.17) is 20.8 Å². The highest BCUT2D eigenvalue weighted by Gasteiger charge is 2.13. The van der Waals surface area contributed by atoms with Gasteiger partial charge in [0.05, 0.1) is 11.3 Å². The summed E-state index contributed by atoms with van der Waals surface area (Å²) in [5, 5.41) is 1.21. The number of halogens is 1. The summed E-state index contributed by atoms with van der Waals surface area (Å²) < 4.78 is 12.3. The van der Waals surface area contributed by atoms with Crippen molar-refractivity contribution in [1.29, 1.82) is 0 Å². The van der Waals surface area contributed by atoms with Crippen LogP contribution in [0, 0.1) is 0 Å². The molecular weight excluding hydrogens is 364 g/mol. The number of carbonyl (C=O) groups is 1. The third-order valence-corrected chi connectivity index (χ3v) is 4.55. The van der Waals surface area contributed by atoms with Crippen LogP contribution in [0.15, 0.2) is 63.4 Å². The number of carbonyl (C=O) groups excluding carboxylic acids is 1. The van der Waals surface area contributed by atoms with Crippen LogP contribution in [0.1, 0.15) is 16.1 Å². The lowest BCUT2D eigenvalue weighted by Gasteiger charge is -2.05. The number of benzene rings is 1. The fourth-order valence-electron chi connectivity index (χ4n) is 1.99. The minimum Gasteiger partial charge on any atom is -0.464 e. The Balaban J connectivity index is 1.68. The van der Waals surface area contributed by atoms with E-state index in [1.54, 1.807) is 24.4 Å². The highest BCUT2D eigenvalue weighted by Crippen LogP contribution is 2.21. The molecule has 25 heavy (non-hydrogen) atoms. The molecule has 0 amide bonds. The van der Waals surface area contributed by atoms with Gasteiger partial charge in [0.15, 0.2) is 5.16 Å². The lowest BCUT2D eigenvalue weighted by atomic mass is 10.2. The van der Waals surface area contributed by atoms with Crippen molar-refractivity contribution >= 4 is 29.3 Å². The number of esters is 1. The van der Waals surface area contributed by atoms with Crippen molar-refractivity contribution in [2.45, 2.75) is 10.9 Å². The molecule has 0 saturated carbocycles. The maximum absolute atomic E-state index is 12.1. The van der Waals surface area contributed by atoms with Crippen molar-refractivity contribution < 1.29 is 13.9 Å². The largest absolute Gasteiger partial charge is 0.464 e. The molecule has 0 aliphatic rings. The van der Waals surface area contributed by atoms with Crippen LogP contribution in [0.5, 0.6) is 5.75 Å². The quantitative estimate of drug-likeness (QED) is 0.501. The number of aryl methyl sites for hydroxylation is 1. The highest BCUT2D eigenvalue weighted by molar-refractivity contribution is 7.98. The Kier molecular flexibility index (Phi) is 5.25. The molecule has 2 heterocycles. The molecule has 0 spiro atoms. The lowest BCUT2D eigenvalue weighted by molar-refractivity contribution is 0.0729. The molecular formula is C17H13ClN2O4S. The van der Waals surface area contributed by atoms with Crippen molar-refractivity contribution in [3.8, 4) is 5.75 Å². The van der Waals surface area contributed by atoms with E-state index in [1.165, 1.54) is 23.9 Å². The Morgan fingerprint density at radius 1 is 1.40 bits per heavy atom. The fraction of sp³-hybridized carbons (Fsp3) is 0.118. The Labute approximate surface area is 152 Å². The number of imidazole rings is 1. The van der Waals surface area contributed by atoms with E-state index in [-0.39, 0.29) is 11.3 Å². The van der Waals surface area contributed by atoms with Crippen LogP contribution in [0.25, 0.3) is 0 Å². The smallest absolute Gasteiger partial charge is 0.343 e. The summed E-state index contributed by atoms with van der Waals surface area (Å²) in [6, 6.07) is 7.58. The standard InChI is InChI=1S/C17H13ClN2O4S/c1-20-6-5-19-17(20)25-10-13-8-14(21)15(9-23-13)24-16(22)11-3-2-4-12(18)7-11/h2-9H,10H2,1H3. The molecule has 1 aromatic carbocycles. The SMILES string of the molecule is Cn1ccnc1SCc1cc(=O)c(OC(=O)c2cccc(Cl)c2)co1. The summed E-state index contributed by atoms with van der Waals surface area (Å²) in [6.45, 7) is 0. The van der Waals surface area contributed by atoms with Gasteiger partial charge in [-0.1, -0.05) is 29.4 Å². The van der Waals surface area contributed by atoms with Gasteiger partial charge in [0, 0.05) is 30.5 Å². The summed E-state index contributed by atoms with van der Waals surface area (Å²) >= 11 is 7.27. The molecule has 0 N–H and O–H groups in total. The van der Waals surface area contributed by atoms with Gasteiger partial charge in [-0.05, 0) is 18.2 Å². The first-order chi connectivity index (χ1) is 12.0. The summed E-state index contributed by atoms with van der Waals surface area (Å²) in [6.07, 6.45) is 4.66. The molecule has 8 heteroatoms. The zero-order chi connectivity index (χ0) is 17.8. The van der Waals surface area contributed by atoms with Crippen LogP contribution in [0.4, 0.5) is 0 Å². The van der Waals surface area contributed by atoms with E-state index < -0.39 is 11.4 Å². The molecule has 0 fully saturated rings. The number of aromatic nitrogens is 2. The average Bonchev–Trinajstić information content (AvgIpc) is 3.00. The van der Waals surface area contributed by atoms with Crippen molar-refractivity contribution in [1.82, 2.24) is 9.55 Å². The van der Waals surface area contributed by atoms with Gasteiger partial charge in [-0.15, -0.1) is 0 Å². The first kappa shape index (κ1) is 17.3. The molecule has 0 bridgehead atoms. The van der Waals surface area contributed by atoms with Crippen molar-refractivity contribution in [2.24, 2.45) is 7.05 Å². The topological polar surface area (TPSA) is 74.3 Å². The van der Waals surface area contributed by atoms with Gasteiger partial charge >= 0.3 is 5.97 Å². The first-order valence-electron chi connectivity index (χ1n) is 7.22. The number of nitrogens with zero attached hydrogens (tertiary/aromatic N) is 2. The third-order valence-electron chi connectivity index (χ3n) is 3.24. The molecule has 0 unspecified atom stereocenters. The van der Waals surface area contributed by atoms with E-state index in [1.807, 2.05) is 17.8 Å². The molecule has 6 nitrogen and oxygen atoms in total. The molecule has 0 aliphatic heterocycles. The van der Waals surface area contributed by atoms with Crippen LogP contribution in [0.2, 0.25) is 5.02 Å². The molecule has 0 saturated heterocycles. The monoisotopic (exact) mass is 376 g/mol. The van der Waals surface area contributed by atoms with Crippen molar-refractivity contribution in [3.05, 3.63) is 75.6 Å². The summed E-state index contributed by atoms with van der Waals surface area (Å²) in [5.41, 5.74) is -0.182. The van der Waals surface area contributed by atoms with Crippen LogP contribution in [0.3, 0.4) is 0 Å². The lowest BCUT2D eigenvalue weighted by Crippen LogP contribution is -2.14. The van der Waals surface area contributed by atoms with Gasteiger partial charge in [0.2, 0.25) is 11.2 Å². The second kappa shape index (κ2) is 7.58. The summed E-state index contributed by atoms with van der Waals surface area (Å²) in [4.78, 5) is 28.3. The summed E-state index contributed by atoms with van der Waals surface area (Å²) in [7, 11) is 1.88. The Morgan fingerprint density at radius 3 is 2.92 bits per heavy atom. The molecule has 128 valence electrons. The zero-order valence-electron chi connectivity index (χ0n) is 13.1. The average molecular weight is 377 g/mol. The van der Waals surface area contributed by atoms with E-state index in [2.05, 4.69) is 4.98 Å². The molecule has 2 aromatic heterocycles. The van der Waals surface area contributed by atoms with Gasteiger partial charge in [0.25, 0.3) is 0 Å². The number of thioether (sulfide) groups is 1. The Hall–Kier alpha value is -2.51. The van der Waals surface area contributed by atoms with E-state index in [9.17, 15) is 9.59 Å². The number of hydrogen-bond acceptors (Lipinski definition) is 6. The van der Waals surface area contributed by atoms with E-state index in [0.717, 1.165) is 11.4 Å². The van der Waals surface area contributed by atoms with Crippen molar-refractivity contribution in [2.75, 3.05) is 0 Å². The molecule has 3 rings (SSSR count). The third kappa shape index (κ3) is 4.32. The number of hydrogen-bond donors (Lipinski definition) is 0. The van der Waals surface area contributed by atoms with Gasteiger partial charge in [0.1, 0.15) is 12.0 Å². The Morgan fingerprint density at radius 2 is 2.24 bits per heavy atom. The van der Waals surface area contributed by atoms with Gasteiger partial charge in [-0.25, -0.2) is 9.78 Å². The predicted octanol–water partition coefficient (Wildman–Crippen LogP) is 3.54. The normalized spacial score (nSPS) is 10.6. The molecule has 0 atom stereocenters. The summed E-state index contributed by atoms with van der Waals surface area (Å²) in [5.74, 6) is 0.0454. The Bertz CT molecular complexity index is 967. The zero-order valence-corrected chi connectivity index (χ0v) is 14.7. The first-order valence-corrected chi connectivity index (χ1v) is 8.59.